The summed E-state index contributed by atoms with van der Waals surface area (Å²) in [6, 6.07) is 8.08. The third kappa shape index (κ3) is 5.46. The first-order valence-electron chi connectivity index (χ1n) is 7.75. The molecule has 2 atom stereocenters. The van der Waals surface area contributed by atoms with Crippen LogP contribution >= 0.6 is 11.6 Å². The van der Waals surface area contributed by atoms with Crippen molar-refractivity contribution >= 4 is 11.6 Å². The third-order valence-corrected chi connectivity index (χ3v) is 4.26. The summed E-state index contributed by atoms with van der Waals surface area (Å²) in [6.07, 6.45) is 6.80. The Bertz CT molecular complexity index is 457. The van der Waals surface area contributed by atoms with Crippen molar-refractivity contribution in [3.8, 4) is 0 Å². The van der Waals surface area contributed by atoms with Gasteiger partial charge in [-0.1, -0.05) is 35.4 Å². The minimum Gasteiger partial charge on any atom is -0.347 e. The van der Waals surface area contributed by atoms with Crippen LogP contribution in [-0.2, 0) is 15.9 Å². The van der Waals surface area contributed by atoms with Crippen molar-refractivity contribution in [3.05, 3.63) is 46.5 Å². The second kappa shape index (κ2) is 7.98. The first-order valence-corrected chi connectivity index (χ1v) is 8.13. The van der Waals surface area contributed by atoms with Gasteiger partial charge in [0.25, 0.3) is 0 Å². The molecule has 0 aliphatic carbocycles. The summed E-state index contributed by atoms with van der Waals surface area (Å²) in [5, 5.41) is 0.797. The number of halogens is 1. The third-order valence-electron chi connectivity index (χ3n) is 4.01. The van der Waals surface area contributed by atoms with Crippen LogP contribution < -0.4 is 0 Å². The summed E-state index contributed by atoms with van der Waals surface area (Å²) < 4.78 is 11.5. The molecule has 1 fully saturated rings. The lowest BCUT2D eigenvalue weighted by molar-refractivity contribution is -0.0664. The first-order chi connectivity index (χ1) is 10.0. The molecule has 2 rings (SSSR count). The van der Waals surface area contributed by atoms with E-state index < -0.39 is 0 Å². The maximum absolute atomic E-state index is 5.88. The molecule has 0 radical (unpaired) electrons. The Hall–Kier alpha value is -0.830. The molecule has 1 aromatic rings. The van der Waals surface area contributed by atoms with Crippen LogP contribution in [0.2, 0.25) is 5.02 Å². The van der Waals surface area contributed by atoms with Gasteiger partial charge in [-0.3, -0.25) is 0 Å². The molecule has 0 N–H and O–H groups in total. The summed E-state index contributed by atoms with van der Waals surface area (Å²) in [5.74, 6) is 0. The van der Waals surface area contributed by atoms with E-state index in [4.69, 9.17) is 21.1 Å². The molecule has 1 heterocycles. The van der Waals surface area contributed by atoms with Gasteiger partial charge in [-0.05, 0) is 57.7 Å². The fraction of sp³-hybridized carbons (Fsp3) is 0.556. The molecule has 116 valence electrons. The zero-order chi connectivity index (χ0) is 15.2. The number of ether oxygens (including phenoxy) is 2. The number of benzene rings is 1. The van der Waals surface area contributed by atoms with E-state index in [1.54, 1.807) is 0 Å². The quantitative estimate of drug-likeness (QED) is 0.677. The van der Waals surface area contributed by atoms with Crippen LogP contribution in [0, 0.1) is 0 Å². The van der Waals surface area contributed by atoms with Gasteiger partial charge in [-0.25, -0.2) is 0 Å². The smallest absolute Gasteiger partial charge is 0.158 e. The highest BCUT2D eigenvalue weighted by Gasteiger charge is 2.28. The van der Waals surface area contributed by atoms with E-state index in [-0.39, 0.29) is 18.5 Å². The Kier molecular flexibility index (Phi) is 6.28. The zero-order valence-corrected chi connectivity index (χ0v) is 13.9. The summed E-state index contributed by atoms with van der Waals surface area (Å²) >= 11 is 5.88. The highest BCUT2D eigenvalue weighted by molar-refractivity contribution is 6.30. The maximum atomic E-state index is 5.88. The Balaban J connectivity index is 1.68. The molecule has 2 nitrogen and oxygen atoms in total. The summed E-state index contributed by atoms with van der Waals surface area (Å²) in [4.78, 5) is 0. The van der Waals surface area contributed by atoms with Gasteiger partial charge in [0.2, 0.25) is 0 Å². The van der Waals surface area contributed by atoms with Crippen LogP contribution in [0.15, 0.2) is 35.9 Å². The Labute approximate surface area is 133 Å². The fourth-order valence-electron chi connectivity index (χ4n) is 2.45. The average molecular weight is 309 g/mol. The lowest BCUT2D eigenvalue weighted by Crippen LogP contribution is -2.13. The lowest BCUT2D eigenvalue weighted by Gasteiger charge is -2.09. The Morgan fingerprint density at radius 3 is 2.38 bits per heavy atom. The van der Waals surface area contributed by atoms with Crippen LogP contribution in [0.5, 0.6) is 0 Å². The van der Waals surface area contributed by atoms with Gasteiger partial charge in [-0.2, -0.15) is 0 Å². The minimum atomic E-state index is -0.0328. The predicted octanol–water partition coefficient (Wildman–Crippen LogP) is 5.15. The van der Waals surface area contributed by atoms with E-state index >= 15 is 0 Å². The van der Waals surface area contributed by atoms with Gasteiger partial charge < -0.3 is 9.47 Å². The van der Waals surface area contributed by atoms with Crippen molar-refractivity contribution < 1.29 is 9.47 Å². The molecule has 1 aliphatic heterocycles. The largest absolute Gasteiger partial charge is 0.347 e. The average Bonchev–Trinajstić information content (AvgIpc) is 2.78. The predicted molar refractivity (Wildman–Crippen MR) is 87.6 cm³/mol. The summed E-state index contributed by atoms with van der Waals surface area (Å²) in [7, 11) is 0. The second-order valence-corrected chi connectivity index (χ2v) is 6.30. The topological polar surface area (TPSA) is 18.5 Å². The van der Waals surface area contributed by atoms with Gasteiger partial charge in [0.1, 0.15) is 0 Å². The molecule has 1 saturated heterocycles. The number of aryl methyl sites for hydroxylation is 1. The van der Waals surface area contributed by atoms with Gasteiger partial charge >= 0.3 is 0 Å². The molecule has 1 aliphatic rings. The lowest BCUT2D eigenvalue weighted by atomic mass is 10.1. The molecule has 0 spiro atoms. The summed E-state index contributed by atoms with van der Waals surface area (Å²) in [6.45, 7) is 6.32. The van der Waals surface area contributed by atoms with E-state index in [9.17, 15) is 0 Å². The normalized spacial score (nSPS) is 23.7. The molecule has 0 aromatic heterocycles. The van der Waals surface area contributed by atoms with Gasteiger partial charge in [0.15, 0.2) is 6.29 Å². The van der Waals surface area contributed by atoms with E-state index in [0.29, 0.717) is 0 Å². The van der Waals surface area contributed by atoms with Crippen LogP contribution in [0.1, 0.15) is 45.6 Å². The van der Waals surface area contributed by atoms with Gasteiger partial charge in [0, 0.05) is 11.4 Å². The second-order valence-electron chi connectivity index (χ2n) is 5.87. The number of hydrogen-bond acceptors (Lipinski definition) is 2. The van der Waals surface area contributed by atoms with Gasteiger partial charge in [0.05, 0.1) is 12.2 Å². The van der Waals surface area contributed by atoms with Crippen molar-refractivity contribution in [2.24, 2.45) is 0 Å². The molecule has 0 bridgehead atoms. The fourth-order valence-corrected chi connectivity index (χ4v) is 2.58. The number of rotatable bonds is 6. The zero-order valence-electron chi connectivity index (χ0n) is 13.1. The van der Waals surface area contributed by atoms with E-state index in [2.05, 4.69) is 39.0 Å². The molecule has 21 heavy (non-hydrogen) atoms. The molecule has 0 unspecified atom stereocenters. The van der Waals surface area contributed by atoms with E-state index in [1.165, 1.54) is 11.1 Å². The maximum Gasteiger partial charge on any atom is 0.158 e. The molecule has 3 heteroatoms. The minimum absolute atomic E-state index is 0.0328. The van der Waals surface area contributed by atoms with Crippen molar-refractivity contribution in [2.75, 3.05) is 0 Å². The Morgan fingerprint density at radius 1 is 1.14 bits per heavy atom. The van der Waals surface area contributed by atoms with Crippen LogP contribution in [0.25, 0.3) is 0 Å². The van der Waals surface area contributed by atoms with Crippen LogP contribution in [0.4, 0.5) is 0 Å². The van der Waals surface area contributed by atoms with Crippen molar-refractivity contribution in [1.29, 1.82) is 0 Å². The van der Waals surface area contributed by atoms with Gasteiger partial charge in [-0.15, -0.1) is 0 Å². The van der Waals surface area contributed by atoms with Crippen molar-refractivity contribution in [1.82, 2.24) is 0 Å². The molecular formula is C18H25ClO2. The molecule has 1 aromatic carbocycles. The SMILES string of the molecule is C/C(=C\CCc1ccc(Cl)cc1)CCC1O[C@H](C)[C@@H](C)O1. The molecule has 0 amide bonds. The number of hydrogen-bond donors (Lipinski definition) is 0. The summed E-state index contributed by atoms with van der Waals surface area (Å²) in [5.41, 5.74) is 2.73. The monoisotopic (exact) mass is 308 g/mol. The van der Waals surface area contributed by atoms with Crippen molar-refractivity contribution in [2.45, 2.75) is 65.0 Å². The van der Waals surface area contributed by atoms with E-state index in [0.717, 1.165) is 30.7 Å². The molecule has 0 saturated carbocycles. The van der Waals surface area contributed by atoms with Crippen molar-refractivity contribution in [3.63, 3.8) is 0 Å². The highest BCUT2D eigenvalue weighted by Crippen LogP contribution is 2.23. The first kappa shape index (κ1) is 16.5. The Morgan fingerprint density at radius 2 is 1.76 bits per heavy atom. The number of allylic oxidation sites excluding steroid dienone is 2. The van der Waals surface area contributed by atoms with Crippen LogP contribution in [0.3, 0.4) is 0 Å². The standard InChI is InChI=1S/C18H25ClO2/c1-13(7-12-18-20-14(2)15(3)21-18)5-4-6-16-8-10-17(19)11-9-16/h5,8-11,14-15,18H,4,6-7,12H2,1-3H3/b13-5+/t14-,15-/m1/s1. The van der Waals surface area contributed by atoms with E-state index in [1.807, 2.05) is 12.1 Å². The highest BCUT2D eigenvalue weighted by atomic mass is 35.5. The molecular weight excluding hydrogens is 284 g/mol. The van der Waals surface area contributed by atoms with Crippen LogP contribution in [-0.4, -0.2) is 18.5 Å².